The summed E-state index contributed by atoms with van der Waals surface area (Å²) in [5, 5.41) is 3.13. The minimum atomic E-state index is -0.295. The van der Waals surface area contributed by atoms with Crippen LogP contribution in [-0.4, -0.2) is 44.2 Å². The first-order valence-electron chi connectivity index (χ1n) is 4.06. The molecular weight excluding hydrogens is 238 g/mol. The molecule has 0 aliphatic heterocycles. The molecule has 13 heavy (non-hydrogen) atoms. The molecule has 78 valence electrons. The van der Waals surface area contributed by atoms with Crippen molar-refractivity contribution >= 4 is 21.9 Å². The van der Waals surface area contributed by atoms with Crippen molar-refractivity contribution in [2.75, 3.05) is 27.4 Å². The second-order valence-corrected chi connectivity index (χ2v) is 3.86. The second kappa shape index (κ2) is 7.29. The van der Waals surface area contributed by atoms with Crippen molar-refractivity contribution in [1.82, 2.24) is 5.32 Å². The van der Waals surface area contributed by atoms with Crippen LogP contribution >= 0.6 is 15.9 Å². The third-order valence-corrected chi connectivity index (χ3v) is 2.22. The van der Waals surface area contributed by atoms with Crippen LogP contribution in [0.2, 0.25) is 0 Å². The Labute approximate surface area is 87.1 Å². The highest BCUT2D eigenvalue weighted by molar-refractivity contribution is 9.10. The highest BCUT2D eigenvalue weighted by Crippen LogP contribution is 2.00. The summed E-state index contributed by atoms with van der Waals surface area (Å²) in [7, 11) is 3.01. The lowest BCUT2D eigenvalue weighted by Gasteiger charge is -2.14. The zero-order chi connectivity index (χ0) is 10.3. The quantitative estimate of drug-likeness (QED) is 0.555. The minimum Gasteiger partial charge on any atom is -0.468 e. The van der Waals surface area contributed by atoms with E-state index in [9.17, 15) is 4.79 Å². The molecule has 0 aromatic rings. The molecule has 0 amide bonds. The fourth-order valence-corrected chi connectivity index (χ4v) is 1.20. The van der Waals surface area contributed by atoms with E-state index in [1.54, 1.807) is 7.11 Å². The van der Waals surface area contributed by atoms with Gasteiger partial charge in [0.2, 0.25) is 0 Å². The van der Waals surface area contributed by atoms with Gasteiger partial charge in [-0.1, -0.05) is 15.9 Å². The zero-order valence-corrected chi connectivity index (χ0v) is 9.76. The molecule has 4 nitrogen and oxygen atoms in total. The van der Waals surface area contributed by atoms with Gasteiger partial charge in [0.1, 0.15) is 4.83 Å². The number of halogens is 1. The second-order valence-electron chi connectivity index (χ2n) is 2.76. The van der Waals surface area contributed by atoms with Crippen molar-refractivity contribution in [2.45, 2.75) is 17.8 Å². The molecule has 0 aliphatic carbocycles. The first-order valence-corrected chi connectivity index (χ1v) is 4.97. The molecule has 0 saturated heterocycles. The van der Waals surface area contributed by atoms with E-state index in [0.29, 0.717) is 13.2 Å². The maximum absolute atomic E-state index is 10.9. The van der Waals surface area contributed by atoms with Crippen LogP contribution in [0, 0.1) is 0 Å². The van der Waals surface area contributed by atoms with Crippen LogP contribution in [0.4, 0.5) is 0 Å². The fraction of sp³-hybridized carbons (Fsp3) is 0.875. The van der Waals surface area contributed by atoms with Crippen LogP contribution in [0.1, 0.15) is 6.92 Å². The number of hydrogen-bond donors (Lipinski definition) is 1. The van der Waals surface area contributed by atoms with E-state index < -0.39 is 0 Å². The van der Waals surface area contributed by atoms with Crippen molar-refractivity contribution in [2.24, 2.45) is 0 Å². The topological polar surface area (TPSA) is 47.6 Å². The monoisotopic (exact) mass is 253 g/mol. The number of nitrogens with one attached hydrogen (secondary N) is 1. The lowest BCUT2D eigenvalue weighted by Crippen LogP contribution is -2.37. The summed E-state index contributed by atoms with van der Waals surface area (Å²) in [5.41, 5.74) is 0. The summed E-state index contributed by atoms with van der Waals surface area (Å²) in [5.74, 6) is -0.267. The first kappa shape index (κ1) is 12.9. The predicted molar refractivity (Wildman–Crippen MR) is 54.1 cm³/mol. The molecule has 0 rings (SSSR count). The largest absolute Gasteiger partial charge is 0.468 e. The third-order valence-electron chi connectivity index (χ3n) is 1.52. The number of methoxy groups -OCH3 is 2. The van der Waals surface area contributed by atoms with Gasteiger partial charge in [-0.2, -0.15) is 0 Å². The SMILES string of the molecule is COCC(C)NCC(Br)C(=O)OC. The number of carbonyl (C=O) groups excluding carboxylic acids is 1. The van der Waals surface area contributed by atoms with Gasteiger partial charge in [-0.05, 0) is 6.92 Å². The number of hydrogen-bond acceptors (Lipinski definition) is 4. The number of rotatable bonds is 6. The van der Waals surface area contributed by atoms with Gasteiger partial charge >= 0.3 is 5.97 Å². The number of carbonyl (C=O) groups is 1. The average Bonchev–Trinajstić information content (AvgIpc) is 2.13. The Balaban J connectivity index is 3.56. The fourth-order valence-electron chi connectivity index (χ4n) is 0.825. The molecule has 0 saturated carbocycles. The molecule has 5 heteroatoms. The average molecular weight is 254 g/mol. The predicted octanol–water partition coefficient (Wildman–Crippen LogP) is 0.547. The Bertz CT molecular complexity index is 154. The number of ether oxygens (including phenoxy) is 2. The Morgan fingerprint density at radius 1 is 1.54 bits per heavy atom. The van der Waals surface area contributed by atoms with Gasteiger partial charge in [0, 0.05) is 19.7 Å². The van der Waals surface area contributed by atoms with E-state index in [1.807, 2.05) is 6.92 Å². The molecule has 0 aromatic carbocycles. The maximum atomic E-state index is 10.9. The molecule has 0 aromatic heterocycles. The molecule has 0 radical (unpaired) electrons. The number of alkyl halides is 1. The molecular formula is C8H16BrNO3. The van der Waals surface area contributed by atoms with Gasteiger partial charge in [0.15, 0.2) is 0 Å². The zero-order valence-electron chi connectivity index (χ0n) is 8.17. The molecule has 0 aliphatic rings. The van der Waals surface area contributed by atoms with Gasteiger partial charge in [-0.3, -0.25) is 4.79 Å². The Morgan fingerprint density at radius 2 is 2.15 bits per heavy atom. The Morgan fingerprint density at radius 3 is 2.62 bits per heavy atom. The van der Waals surface area contributed by atoms with Gasteiger partial charge < -0.3 is 14.8 Å². The van der Waals surface area contributed by atoms with E-state index in [4.69, 9.17) is 4.74 Å². The van der Waals surface area contributed by atoms with Gasteiger partial charge in [0.05, 0.1) is 13.7 Å². The normalized spacial score (nSPS) is 15.1. The van der Waals surface area contributed by atoms with Crippen molar-refractivity contribution in [1.29, 1.82) is 0 Å². The van der Waals surface area contributed by atoms with Crippen LogP contribution in [-0.2, 0) is 14.3 Å². The highest BCUT2D eigenvalue weighted by Gasteiger charge is 2.15. The summed E-state index contributed by atoms with van der Waals surface area (Å²) >= 11 is 3.21. The van der Waals surface area contributed by atoms with Gasteiger partial charge in [0.25, 0.3) is 0 Å². The van der Waals surface area contributed by atoms with E-state index >= 15 is 0 Å². The summed E-state index contributed by atoms with van der Waals surface area (Å²) in [4.78, 5) is 10.6. The molecule has 0 bridgehead atoms. The summed E-state index contributed by atoms with van der Waals surface area (Å²) < 4.78 is 9.48. The third kappa shape index (κ3) is 6.01. The van der Waals surface area contributed by atoms with Crippen LogP contribution in [0.15, 0.2) is 0 Å². The lowest BCUT2D eigenvalue weighted by molar-refractivity contribution is -0.139. The van der Waals surface area contributed by atoms with E-state index in [-0.39, 0.29) is 16.8 Å². The smallest absolute Gasteiger partial charge is 0.320 e. The van der Waals surface area contributed by atoms with Crippen molar-refractivity contribution in [3.63, 3.8) is 0 Å². The van der Waals surface area contributed by atoms with Crippen molar-refractivity contribution in [3.8, 4) is 0 Å². The van der Waals surface area contributed by atoms with Crippen LogP contribution in [0.25, 0.3) is 0 Å². The molecule has 0 heterocycles. The summed E-state index contributed by atoms with van der Waals surface area (Å²) in [6.45, 7) is 3.15. The summed E-state index contributed by atoms with van der Waals surface area (Å²) in [6.07, 6.45) is 0. The van der Waals surface area contributed by atoms with Gasteiger partial charge in [-0.25, -0.2) is 0 Å². The van der Waals surface area contributed by atoms with Crippen molar-refractivity contribution in [3.05, 3.63) is 0 Å². The van der Waals surface area contributed by atoms with Gasteiger partial charge in [-0.15, -0.1) is 0 Å². The lowest BCUT2D eigenvalue weighted by atomic mass is 10.3. The van der Waals surface area contributed by atoms with E-state index in [2.05, 4.69) is 26.0 Å². The molecule has 0 fully saturated rings. The Kier molecular flexibility index (Phi) is 7.22. The van der Waals surface area contributed by atoms with Crippen LogP contribution in [0.5, 0.6) is 0 Å². The molecule has 2 atom stereocenters. The minimum absolute atomic E-state index is 0.231. The standard InChI is InChI=1S/C8H16BrNO3/c1-6(5-12-2)10-4-7(9)8(11)13-3/h6-7,10H,4-5H2,1-3H3. The molecule has 1 N–H and O–H groups in total. The first-order chi connectivity index (χ1) is 6.11. The molecule has 0 spiro atoms. The van der Waals surface area contributed by atoms with Crippen LogP contribution < -0.4 is 5.32 Å². The van der Waals surface area contributed by atoms with E-state index in [1.165, 1.54) is 7.11 Å². The maximum Gasteiger partial charge on any atom is 0.320 e. The molecule has 2 unspecified atom stereocenters. The van der Waals surface area contributed by atoms with Crippen molar-refractivity contribution < 1.29 is 14.3 Å². The Hall–Kier alpha value is -0.130. The number of esters is 1. The van der Waals surface area contributed by atoms with Crippen LogP contribution in [0.3, 0.4) is 0 Å². The van der Waals surface area contributed by atoms with E-state index in [0.717, 1.165) is 0 Å². The highest BCUT2D eigenvalue weighted by atomic mass is 79.9. The summed E-state index contributed by atoms with van der Waals surface area (Å²) in [6, 6.07) is 0.231.